The topological polar surface area (TPSA) is 56.7 Å². The summed E-state index contributed by atoms with van der Waals surface area (Å²) in [4.78, 5) is 18.5. The number of aliphatic imine (C=N–C) groups is 1. The van der Waals surface area contributed by atoms with Gasteiger partial charge in [-0.05, 0) is 55.7 Å². The van der Waals surface area contributed by atoms with Crippen LogP contribution in [0.3, 0.4) is 0 Å². The van der Waals surface area contributed by atoms with E-state index < -0.39 is 0 Å². The van der Waals surface area contributed by atoms with Crippen molar-refractivity contribution in [1.82, 2.24) is 10.2 Å². The van der Waals surface area contributed by atoms with Gasteiger partial charge in [0.25, 0.3) is 0 Å². The van der Waals surface area contributed by atoms with Crippen LogP contribution in [0.25, 0.3) is 0 Å². The summed E-state index contributed by atoms with van der Waals surface area (Å²) < 4.78 is 0. The fraction of sp³-hybridized carbons (Fsp3) is 0.636. The molecule has 1 aliphatic heterocycles. The average molecular weight is 498 g/mol. The van der Waals surface area contributed by atoms with E-state index in [1.807, 2.05) is 12.1 Å². The lowest BCUT2D eigenvalue weighted by atomic mass is 9.73. The maximum Gasteiger partial charge on any atom is 0.221 e. The molecule has 1 saturated carbocycles. The van der Waals surface area contributed by atoms with Gasteiger partial charge in [-0.3, -0.25) is 9.79 Å². The molecule has 28 heavy (non-hydrogen) atoms. The van der Waals surface area contributed by atoms with Gasteiger partial charge in [-0.2, -0.15) is 0 Å². The minimum Gasteiger partial charge on any atom is -0.357 e. The Morgan fingerprint density at radius 2 is 1.86 bits per heavy atom. The summed E-state index contributed by atoms with van der Waals surface area (Å²) in [6, 6.07) is 8.05. The lowest BCUT2D eigenvalue weighted by molar-refractivity contribution is -0.114. The van der Waals surface area contributed by atoms with Gasteiger partial charge in [-0.1, -0.05) is 31.4 Å². The molecular formula is C22H35IN4O. The van der Waals surface area contributed by atoms with Gasteiger partial charge in [0, 0.05) is 38.8 Å². The molecule has 2 aliphatic rings. The number of hydrogen-bond acceptors (Lipinski definition) is 2. The van der Waals surface area contributed by atoms with Crippen molar-refractivity contribution in [3.8, 4) is 0 Å². The fourth-order valence-electron chi connectivity index (χ4n) is 4.50. The highest BCUT2D eigenvalue weighted by atomic mass is 127. The second-order valence-corrected chi connectivity index (χ2v) is 8.10. The molecule has 1 aromatic carbocycles. The van der Waals surface area contributed by atoms with Crippen molar-refractivity contribution in [2.75, 3.05) is 31.5 Å². The maximum absolute atomic E-state index is 11.1. The number of nitrogens with one attached hydrogen (secondary N) is 2. The van der Waals surface area contributed by atoms with E-state index in [9.17, 15) is 4.79 Å². The van der Waals surface area contributed by atoms with E-state index in [2.05, 4.69) is 34.6 Å². The molecule has 0 radical (unpaired) electrons. The van der Waals surface area contributed by atoms with E-state index in [0.29, 0.717) is 5.41 Å². The molecule has 1 spiro atoms. The second kappa shape index (κ2) is 11.0. The second-order valence-electron chi connectivity index (χ2n) is 8.10. The van der Waals surface area contributed by atoms with Crippen LogP contribution in [0.4, 0.5) is 5.69 Å². The van der Waals surface area contributed by atoms with E-state index in [1.165, 1.54) is 57.6 Å². The molecule has 5 nitrogen and oxygen atoms in total. The van der Waals surface area contributed by atoms with Crippen molar-refractivity contribution in [3.05, 3.63) is 29.8 Å². The van der Waals surface area contributed by atoms with Crippen molar-refractivity contribution in [1.29, 1.82) is 0 Å². The molecule has 156 valence electrons. The lowest BCUT2D eigenvalue weighted by Gasteiger charge is -2.33. The quantitative estimate of drug-likeness (QED) is 0.359. The summed E-state index contributed by atoms with van der Waals surface area (Å²) in [6.07, 6.45) is 9.23. The smallest absolute Gasteiger partial charge is 0.221 e. The number of carbonyl (C=O) groups is 1. The molecule has 0 atom stereocenters. The number of likely N-dealkylation sites (tertiary alicyclic amines) is 1. The average Bonchev–Trinajstić information content (AvgIpc) is 3.06. The summed E-state index contributed by atoms with van der Waals surface area (Å²) in [5.74, 6) is 1.04. The van der Waals surface area contributed by atoms with Crippen molar-refractivity contribution in [2.24, 2.45) is 10.4 Å². The Labute approximate surface area is 186 Å². The predicted molar refractivity (Wildman–Crippen MR) is 128 cm³/mol. The number of halogens is 1. The standard InChI is InChI=1S/C22H34N4O.HI/c1-3-23-21(26-16-14-22(17-26)12-5-4-6-13-22)24-15-11-19-7-9-20(10-8-19)25-18(2)27;/h7-10H,3-6,11-17H2,1-2H3,(H,23,24)(H,25,27);1H. The van der Waals surface area contributed by atoms with E-state index in [0.717, 1.165) is 37.7 Å². The van der Waals surface area contributed by atoms with Crippen molar-refractivity contribution in [2.45, 2.75) is 58.8 Å². The summed E-state index contributed by atoms with van der Waals surface area (Å²) in [6.45, 7) is 7.67. The highest BCUT2D eigenvalue weighted by Gasteiger charge is 2.39. The molecule has 1 heterocycles. The Balaban J connectivity index is 0.00000280. The van der Waals surface area contributed by atoms with Crippen LogP contribution in [0.15, 0.2) is 29.3 Å². The van der Waals surface area contributed by atoms with E-state index >= 15 is 0 Å². The minimum absolute atomic E-state index is 0. The molecule has 1 saturated heterocycles. The third-order valence-corrected chi connectivity index (χ3v) is 5.92. The SMILES string of the molecule is CCNC(=NCCc1ccc(NC(C)=O)cc1)N1CCC2(CCCCC2)C1.I. The van der Waals surface area contributed by atoms with Crippen LogP contribution in [0.5, 0.6) is 0 Å². The predicted octanol–water partition coefficient (Wildman–Crippen LogP) is 4.43. The largest absolute Gasteiger partial charge is 0.357 e. The molecule has 1 aromatic rings. The first-order valence-electron chi connectivity index (χ1n) is 10.5. The Hall–Kier alpha value is -1.31. The zero-order valence-corrected chi connectivity index (χ0v) is 19.6. The van der Waals surface area contributed by atoms with Crippen LogP contribution in [0, 0.1) is 5.41 Å². The van der Waals surface area contributed by atoms with E-state index in [4.69, 9.17) is 4.99 Å². The number of carbonyl (C=O) groups excluding carboxylic acids is 1. The number of nitrogens with zero attached hydrogens (tertiary/aromatic N) is 2. The summed E-state index contributed by atoms with van der Waals surface area (Å²) in [5.41, 5.74) is 2.64. The first kappa shape index (κ1) is 23.0. The first-order chi connectivity index (χ1) is 13.1. The van der Waals surface area contributed by atoms with Gasteiger partial charge in [0.15, 0.2) is 5.96 Å². The maximum atomic E-state index is 11.1. The Kier molecular flexibility index (Phi) is 9.05. The number of anilines is 1. The van der Waals surface area contributed by atoms with Crippen molar-refractivity contribution >= 4 is 41.5 Å². The zero-order valence-electron chi connectivity index (χ0n) is 17.3. The van der Waals surface area contributed by atoms with Crippen LogP contribution >= 0.6 is 24.0 Å². The van der Waals surface area contributed by atoms with Gasteiger partial charge >= 0.3 is 0 Å². The highest BCUT2D eigenvalue weighted by Crippen LogP contribution is 2.43. The molecule has 3 rings (SSSR count). The van der Waals surface area contributed by atoms with Gasteiger partial charge in [0.1, 0.15) is 0 Å². The number of benzene rings is 1. The number of guanidine groups is 1. The van der Waals surface area contributed by atoms with Crippen LogP contribution in [-0.4, -0.2) is 42.9 Å². The Bertz CT molecular complexity index is 653. The van der Waals surface area contributed by atoms with Gasteiger partial charge in [-0.25, -0.2) is 0 Å². The minimum atomic E-state index is -0.0380. The third kappa shape index (κ3) is 6.36. The molecule has 6 heteroatoms. The number of hydrogen-bond donors (Lipinski definition) is 2. The molecule has 0 aromatic heterocycles. The van der Waals surface area contributed by atoms with E-state index in [-0.39, 0.29) is 29.9 Å². The van der Waals surface area contributed by atoms with Crippen LogP contribution in [-0.2, 0) is 11.2 Å². The van der Waals surface area contributed by atoms with Crippen LogP contribution in [0.1, 0.15) is 57.9 Å². The van der Waals surface area contributed by atoms with Crippen molar-refractivity contribution < 1.29 is 4.79 Å². The first-order valence-corrected chi connectivity index (χ1v) is 10.5. The van der Waals surface area contributed by atoms with Crippen LogP contribution < -0.4 is 10.6 Å². The number of amides is 1. The molecule has 1 aliphatic carbocycles. The van der Waals surface area contributed by atoms with Crippen LogP contribution in [0.2, 0.25) is 0 Å². The van der Waals surface area contributed by atoms with Gasteiger partial charge in [0.2, 0.25) is 5.91 Å². The lowest BCUT2D eigenvalue weighted by Crippen LogP contribution is -2.41. The molecule has 0 unspecified atom stereocenters. The van der Waals surface area contributed by atoms with E-state index in [1.54, 1.807) is 0 Å². The highest BCUT2D eigenvalue weighted by molar-refractivity contribution is 14.0. The van der Waals surface area contributed by atoms with Crippen molar-refractivity contribution in [3.63, 3.8) is 0 Å². The molecular weight excluding hydrogens is 463 g/mol. The zero-order chi connectivity index (χ0) is 19.1. The molecule has 1 amide bonds. The molecule has 0 bridgehead atoms. The number of rotatable bonds is 5. The normalized spacial score (nSPS) is 18.6. The van der Waals surface area contributed by atoms with Gasteiger partial charge < -0.3 is 15.5 Å². The Morgan fingerprint density at radius 3 is 2.50 bits per heavy atom. The van der Waals surface area contributed by atoms with Gasteiger partial charge in [-0.15, -0.1) is 24.0 Å². The van der Waals surface area contributed by atoms with Gasteiger partial charge in [0.05, 0.1) is 0 Å². The fourth-order valence-corrected chi connectivity index (χ4v) is 4.50. The Morgan fingerprint density at radius 1 is 1.14 bits per heavy atom. The molecule has 2 fully saturated rings. The summed E-state index contributed by atoms with van der Waals surface area (Å²) >= 11 is 0. The molecule has 2 N–H and O–H groups in total. The summed E-state index contributed by atoms with van der Waals surface area (Å²) in [7, 11) is 0. The summed E-state index contributed by atoms with van der Waals surface area (Å²) in [5, 5.41) is 6.30. The monoisotopic (exact) mass is 498 g/mol. The third-order valence-electron chi connectivity index (χ3n) is 5.92.